The molecule has 2 aliphatic heterocycles. The molecule has 0 aromatic heterocycles. The normalized spacial score (nSPS) is 26.1. The summed E-state index contributed by atoms with van der Waals surface area (Å²) in [4.78, 5) is 155. The van der Waals surface area contributed by atoms with Gasteiger partial charge in [0.1, 0.15) is 48.3 Å². The highest BCUT2D eigenvalue weighted by molar-refractivity contribution is 5.98. The molecule has 22 nitrogen and oxygen atoms in total. The van der Waals surface area contributed by atoms with Gasteiger partial charge in [-0.05, 0) is 96.5 Å². The first-order valence-electron chi connectivity index (χ1n) is 28.9. The lowest BCUT2D eigenvalue weighted by molar-refractivity contribution is -0.152. The molecule has 22 heteroatoms. The maximum absolute atomic E-state index is 15.0. The topological polar surface area (TPSA) is 259 Å². The van der Waals surface area contributed by atoms with Crippen molar-refractivity contribution in [3.8, 4) is 0 Å². The van der Waals surface area contributed by atoms with Crippen LogP contribution in [0.5, 0.6) is 0 Å². The highest BCUT2D eigenvalue weighted by Crippen LogP contribution is 2.23. The molecule has 2 heterocycles. The third-order valence-electron chi connectivity index (χ3n) is 15.6. The van der Waals surface area contributed by atoms with Crippen molar-refractivity contribution in [2.24, 2.45) is 17.8 Å². The molecule has 1 aromatic carbocycles. The molecule has 3 rings (SSSR count). The molecule has 0 radical (unpaired) electrons. The molecule has 462 valence electrons. The monoisotopic (exact) mass is 1140 g/mol. The van der Waals surface area contributed by atoms with E-state index in [4.69, 9.17) is 4.74 Å². The maximum Gasteiger partial charge on any atom is 0.248 e. The number of amides is 10. The van der Waals surface area contributed by atoms with Gasteiger partial charge in [0.2, 0.25) is 59.1 Å². The Hall–Kier alpha value is -6.16. The van der Waals surface area contributed by atoms with Gasteiger partial charge in [-0.2, -0.15) is 0 Å². The fourth-order valence-electron chi connectivity index (χ4n) is 10.2. The van der Waals surface area contributed by atoms with Crippen molar-refractivity contribution in [3.05, 3.63) is 35.9 Å². The molecule has 2 fully saturated rings. The van der Waals surface area contributed by atoms with Gasteiger partial charge >= 0.3 is 0 Å². The van der Waals surface area contributed by atoms with Crippen LogP contribution in [0.1, 0.15) is 137 Å². The zero-order chi connectivity index (χ0) is 61.4. The van der Waals surface area contributed by atoms with E-state index in [1.165, 1.54) is 80.6 Å². The molecular weight excluding hydrogens is 1040 g/mol. The van der Waals surface area contributed by atoms with Crippen LogP contribution in [0.25, 0.3) is 0 Å². The number of carbonyl (C=O) groups excluding carboxylic acids is 10. The molecule has 4 N–H and O–H groups in total. The minimum atomic E-state index is -1.60. The van der Waals surface area contributed by atoms with E-state index in [2.05, 4.69) is 16.0 Å². The van der Waals surface area contributed by atoms with Gasteiger partial charge in [-0.3, -0.25) is 47.9 Å². The number of nitrogens with zero attached hydrogens (tertiary/aromatic N) is 7. The standard InChI is InChI=1S/C59H98N10O12.3H2/c1-18-38(6)50-53(75)60-42(56(78)69-29-23-20-24-30-69)27-28-47(71)64(13)39(7)54(76)67(16)46(33-41-25-21-19-22-26-41)57(79)66(15)45(32-37(4)5)52(74)62-49(40(8)70)58(80)63(12)34-48(72)65(14)44(31-36(2)3)51(73)61-43(55(77)68(50)17)35-81-59(9,10)11;;;/h19,21-22,25-26,36-40,42-46,49-50,70H,18,20,23-24,27-35H2,1-17H3,(H,60,75)(H,61,73)(H,62,74);3*1H/t38-,39-,40+,42-,43-,44-,45-,46-,49-,50-;;;/m0.../s1. The lowest BCUT2D eigenvalue weighted by atomic mass is 9.95. The maximum atomic E-state index is 15.0. The van der Waals surface area contributed by atoms with E-state index < -0.39 is 132 Å². The predicted molar refractivity (Wildman–Crippen MR) is 314 cm³/mol. The molecule has 0 bridgehead atoms. The number of hydrogen-bond acceptors (Lipinski definition) is 12. The average Bonchev–Trinajstić information content (AvgIpc) is 3.51. The lowest BCUT2D eigenvalue weighted by Gasteiger charge is -2.37. The summed E-state index contributed by atoms with van der Waals surface area (Å²) in [5.74, 6) is -7.41. The number of carbonyl (C=O) groups is 10. The van der Waals surface area contributed by atoms with E-state index >= 15 is 0 Å². The molecule has 0 unspecified atom stereocenters. The van der Waals surface area contributed by atoms with Crippen LogP contribution in [0.4, 0.5) is 0 Å². The second kappa shape index (κ2) is 31.3. The van der Waals surface area contributed by atoms with E-state index in [1.54, 1.807) is 62.9 Å². The van der Waals surface area contributed by atoms with Crippen LogP contribution < -0.4 is 16.0 Å². The Labute approximate surface area is 486 Å². The molecule has 2 aliphatic rings. The average molecular weight is 1150 g/mol. The second-order valence-electron chi connectivity index (χ2n) is 24.3. The van der Waals surface area contributed by atoms with Crippen molar-refractivity contribution in [1.82, 2.24) is 50.2 Å². The number of ether oxygens (including phenoxy) is 1. The molecular formula is C59H104N10O12. The zero-order valence-corrected chi connectivity index (χ0v) is 51.6. The van der Waals surface area contributed by atoms with Gasteiger partial charge in [0.05, 0.1) is 24.9 Å². The van der Waals surface area contributed by atoms with E-state index in [9.17, 15) is 53.1 Å². The van der Waals surface area contributed by atoms with E-state index in [1.807, 2.05) is 34.6 Å². The minimum Gasteiger partial charge on any atom is -0.391 e. The molecule has 0 aliphatic carbocycles. The van der Waals surface area contributed by atoms with Gasteiger partial charge in [-0.25, -0.2) is 0 Å². The number of rotatable bonds is 12. The van der Waals surface area contributed by atoms with Crippen molar-refractivity contribution in [2.75, 3.05) is 68.5 Å². The second-order valence-corrected chi connectivity index (χ2v) is 24.3. The summed E-state index contributed by atoms with van der Waals surface area (Å²) in [5.41, 5.74) is -0.100. The Morgan fingerprint density at radius 2 is 1.21 bits per heavy atom. The van der Waals surface area contributed by atoms with Crippen molar-refractivity contribution < 1.29 is 62.1 Å². The Bertz CT molecular complexity index is 2340. The number of likely N-dealkylation sites (N-methyl/N-ethyl adjacent to an activating group) is 6. The Morgan fingerprint density at radius 1 is 0.667 bits per heavy atom. The molecule has 10 amide bonds. The summed E-state index contributed by atoms with van der Waals surface area (Å²) in [7, 11) is 8.45. The third-order valence-corrected chi connectivity index (χ3v) is 15.6. The van der Waals surface area contributed by atoms with Crippen molar-refractivity contribution >= 4 is 59.1 Å². The van der Waals surface area contributed by atoms with E-state index in [0.29, 0.717) is 25.1 Å². The van der Waals surface area contributed by atoms with Gasteiger partial charge in [0, 0.05) is 72.5 Å². The van der Waals surface area contributed by atoms with Crippen LogP contribution in [-0.4, -0.2) is 227 Å². The van der Waals surface area contributed by atoms with Crippen molar-refractivity contribution in [3.63, 3.8) is 0 Å². The largest absolute Gasteiger partial charge is 0.391 e. The number of aliphatic hydroxyl groups excluding tert-OH is 1. The molecule has 0 spiro atoms. The summed E-state index contributed by atoms with van der Waals surface area (Å²) in [6, 6.07) is -1.23. The molecule has 2 saturated heterocycles. The third kappa shape index (κ3) is 19.8. The number of nitrogens with one attached hydrogen (secondary N) is 3. The highest BCUT2D eigenvalue weighted by Gasteiger charge is 2.43. The molecule has 10 atom stereocenters. The number of aliphatic hydroxyl groups is 1. The predicted octanol–water partition coefficient (Wildman–Crippen LogP) is 3.18. The number of benzene rings is 1. The minimum absolute atomic E-state index is 0. The van der Waals surface area contributed by atoms with Crippen LogP contribution in [0.15, 0.2) is 30.3 Å². The first-order chi connectivity index (χ1) is 37.7. The van der Waals surface area contributed by atoms with Crippen LogP contribution in [0, 0.1) is 17.8 Å². The van der Waals surface area contributed by atoms with Crippen LogP contribution in [0.2, 0.25) is 0 Å². The van der Waals surface area contributed by atoms with Gasteiger partial charge in [-0.1, -0.05) is 78.3 Å². The summed E-state index contributed by atoms with van der Waals surface area (Å²) in [6.07, 6.45) is 1.11. The van der Waals surface area contributed by atoms with Crippen LogP contribution >= 0.6 is 0 Å². The fourth-order valence-corrected chi connectivity index (χ4v) is 10.2. The Morgan fingerprint density at radius 3 is 1.74 bits per heavy atom. The van der Waals surface area contributed by atoms with E-state index in [0.717, 1.165) is 24.2 Å². The highest BCUT2D eigenvalue weighted by atomic mass is 16.5. The first kappa shape index (κ1) is 69.1. The first-order valence-corrected chi connectivity index (χ1v) is 28.9. The van der Waals surface area contributed by atoms with Gasteiger partial charge in [0.25, 0.3) is 0 Å². The quantitative estimate of drug-likeness (QED) is 0.236. The van der Waals surface area contributed by atoms with Crippen molar-refractivity contribution in [2.45, 2.75) is 194 Å². The van der Waals surface area contributed by atoms with E-state index in [-0.39, 0.29) is 54.8 Å². The van der Waals surface area contributed by atoms with Crippen molar-refractivity contribution in [1.29, 1.82) is 0 Å². The summed E-state index contributed by atoms with van der Waals surface area (Å²) in [6.45, 7) is 19.1. The van der Waals surface area contributed by atoms with Gasteiger partial charge < -0.3 is 60.1 Å². The number of hydrogen-bond donors (Lipinski definition) is 4. The Kier molecular flexibility index (Phi) is 26.7. The summed E-state index contributed by atoms with van der Waals surface area (Å²) < 4.78 is 6.11. The lowest BCUT2D eigenvalue weighted by Crippen LogP contribution is -2.62. The fraction of sp³-hybridized carbons (Fsp3) is 0.729. The Balaban J connectivity index is 0.0000230. The number of piperidine rings is 1. The number of likely N-dealkylation sites (tertiary alicyclic amines) is 1. The van der Waals surface area contributed by atoms with Gasteiger partial charge in [-0.15, -0.1) is 0 Å². The molecule has 0 saturated carbocycles. The summed E-state index contributed by atoms with van der Waals surface area (Å²) in [5, 5.41) is 19.4. The van der Waals surface area contributed by atoms with Crippen LogP contribution in [0.3, 0.4) is 0 Å². The van der Waals surface area contributed by atoms with Crippen LogP contribution in [-0.2, 0) is 59.1 Å². The SMILES string of the molecule is CC[C@H](C)[C@H]1C(=O)N[C@H](C(=O)N2CCCCC2)CCC(=O)N(C)[C@@H](C)C(=O)N(C)[C@@H](Cc2ccccc2)C(=O)N(C)[C@@H](CC(C)C)C(=O)N[C@@H]([C@@H](C)O)C(=O)N(C)CC(=O)N(C)[C@@H](CC(C)C)C(=O)N[C@@H](COC(C)(C)C)C(=O)N1C.[HH].[HH].[HH]. The smallest absolute Gasteiger partial charge is 0.248 e. The molecule has 81 heavy (non-hydrogen) atoms. The van der Waals surface area contributed by atoms with Gasteiger partial charge in [0.15, 0.2) is 0 Å². The molecule has 1 aromatic rings. The summed E-state index contributed by atoms with van der Waals surface area (Å²) >= 11 is 0. The zero-order valence-electron chi connectivity index (χ0n) is 51.6.